The fourth-order valence-electron chi connectivity index (χ4n) is 2.44. The molecule has 0 bridgehead atoms. The van der Waals surface area contributed by atoms with Gasteiger partial charge in [0.2, 0.25) is 0 Å². The minimum Gasteiger partial charge on any atom is -0.350 e. The van der Waals surface area contributed by atoms with Crippen molar-refractivity contribution >= 4 is 5.71 Å². The van der Waals surface area contributed by atoms with E-state index in [4.69, 9.17) is 0 Å². The third-order valence-electron chi connectivity index (χ3n) is 3.81. The van der Waals surface area contributed by atoms with E-state index in [-0.39, 0.29) is 22.4 Å². The van der Waals surface area contributed by atoms with E-state index in [1.807, 2.05) is 0 Å². The summed E-state index contributed by atoms with van der Waals surface area (Å²) in [6.45, 7) is 0. The summed E-state index contributed by atoms with van der Waals surface area (Å²) < 4.78 is 77.3. The molecule has 2 heterocycles. The van der Waals surface area contributed by atoms with Crippen LogP contribution in [0.4, 0.5) is 26.3 Å². The summed E-state index contributed by atoms with van der Waals surface area (Å²) in [5, 5.41) is 12.7. The summed E-state index contributed by atoms with van der Waals surface area (Å²) in [5.41, 5.74) is -0.816. The first-order valence-electron chi connectivity index (χ1n) is 7.17. The Morgan fingerprint density at radius 1 is 0.962 bits per heavy atom. The molecule has 0 aliphatic carbocycles. The molecule has 138 valence electrons. The van der Waals surface area contributed by atoms with Crippen molar-refractivity contribution in [2.24, 2.45) is 5.16 Å². The molecule has 1 unspecified atom stereocenters. The molecule has 0 saturated carbocycles. The highest BCUT2D eigenvalue weighted by molar-refractivity contribution is 6.01. The van der Waals surface area contributed by atoms with Crippen LogP contribution in [0.1, 0.15) is 17.5 Å². The Bertz CT molecular complexity index is 845. The largest absolute Gasteiger partial charge is 0.458 e. The Balaban J connectivity index is 1.88. The number of pyridine rings is 1. The first-order valence-corrected chi connectivity index (χ1v) is 7.17. The topological polar surface area (TPSA) is 54.7 Å². The maximum absolute atomic E-state index is 13.0. The average Bonchev–Trinajstić information content (AvgIpc) is 2.98. The lowest BCUT2D eigenvalue weighted by molar-refractivity contribution is -0.355. The van der Waals surface area contributed by atoms with E-state index in [1.165, 1.54) is 36.5 Å². The third-order valence-corrected chi connectivity index (χ3v) is 3.81. The van der Waals surface area contributed by atoms with E-state index in [2.05, 4.69) is 15.0 Å². The molecule has 1 atom stereocenters. The number of alkyl halides is 6. The molecule has 0 saturated heterocycles. The number of rotatable bonds is 2. The van der Waals surface area contributed by atoms with Gasteiger partial charge in [-0.05, 0) is 22.8 Å². The van der Waals surface area contributed by atoms with Crippen LogP contribution in [0, 0.1) is 0 Å². The van der Waals surface area contributed by atoms with Gasteiger partial charge >= 0.3 is 18.1 Å². The van der Waals surface area contributed by atoms with Crippen LogP contribution in [0.5, 0.6) is 0 Å². The Kier molecular flexibility index (Phi) is 4.18. The number of halogens is 6. The highest BCUT2D eigenvalue weighted by atomic mass is 19.4. The highest BCUT2D eigenvalue weighted by Gasteiger charge is 2.60. The zero-order valence-electron chi connectivity index (χ0n) is 12.8. The highest BCUT2D eigenvalue weighted by Crippen LogP contribution is 2.40. The van der Waals surface area contributed by atoms with Gasteiger partial charge in [0.05, 0.1) is 17.7 Å². The van der Waals surface area contributed by atoms with Crippen molar-refractivity contribution in [2.45, 2.75) is 24.6 Å². The molecule has 0 fully saturated rings. The quantitative estimate of drug-likeness (QED) is 0.802. The van der Waals surface area contributed by atoms with Gasteiger partial charge in [-0.3, -0.25) is 4.98 Å². The second kappa shape index (κ2) is 5.97. The molecule has 1 N–H and O–H groups in total. The van der Waals surface area contributed by atoms with Gasteiger partial charge in [-0.2, -0.15) is 26.3 Å². The first-order chi connectivity index (χ1) is 12.0. The standard InChI is InChI=1S/C16H10F6N2O2/c17-15(18,19)12-8-23-6-5-11(12)9-1-3-10(4-2-9)13-7-14(25,26-24-13)16(20,21)22/h1-6,8,25H,7H2. The Labute approximate surface area is 142 Å². The Hall–Kier alpha value is -2.62. The number of aromatic nitrogens is 1. The van der Waals surface area contributed by atoms with E-state index in [0.29, 0.717) is 6.20 Å². The van der Waals surface area contributed by atoms with Gasteiger partial charge in [-0.15, -0.1) is 0 Å². The normalized spacial score (nSPS) is 20.7. The second-order valence-electron chi connectivity index (χ2n) is 5.58. The van der Waals surface area contributed by atoms with Crippen molar-refractivity contribution in [3.8, 4) is 11.1 Å². The molecule has 26 heavy (non-hydrogen) atoms. The zero-order valence-corrected chi connectivity index (χ0v) is 12.8. The van der Waals surface area contributed by atoms with E-state index in [1.54, 1.807) is 0 Å². The van der Waals surface area contributed by atoms with E-state index in [9.17, 15) is 31.4 Å². The molecular formula is C16H10F6N2O2. The summed E-state index contributed by atoms with van der Waals surface area (Å²) in [6.07, 6.45) is -8.65. The van der Waals surface area contributed by atoms with Crippen LogP contribution in [0.2, 0.25) is 0 Å². The summed E-state index contributed by atoms with van der Waals surface area (Å²) in [4.78, 5) is 7.58. The number of hydrogen-bond donors (Lipinski definition) is 1. The molecule has 1 aliphatic heterocycles. The van der Waals surface area contributed by atoms with Crippen LogP contribution in [0.15, 0.2) is 47.9 Å². The molecule has 1 aliphatic rings. The summed E-state index contributed by atoms with van der Waals surface area (Å²) >= 11 is 0. The van der Waals surface area contributed by atoms with Gasteiger partial charge in [-0.25, -0.2) is 0 Å². The number of hydrogen-bond acceptors (Lipinski definition) is 4. The lowest BCUT2D eigenvalue weighted by atomic mass is 9.97. The molecule has 0 spiro atoms. The van der Waals surface area contributed by atoms with Gasteiger partial charge < -0.3 is 9.94 Å². The van der Waals surface area contributed by atoms with Crippen LogP contribution in [0.25, 0.3) is 11.1 Å². The fourth-order valence-corrected chi connectivity index (χ4v) is 2.44. The van der Waals surface area contributed by atoms with E-state index >= 15 is 0 Å². The third kappa shape index (κ3) is 3.24. The molecular weight excluding hydrogens is 366 g/mol. The molecule has 10 heteroatoms. The molecule has 1 aromatic carbocycles. The van der Waals surface area contributed by atoms with Gasteiger partial charge in [-0.1, -0.05) is 29.4 Å². The van der Waals surface area contributed by atoms with Crippen LogP contribution in [-0.4, -0.2) is 27.8 Å². The monoisotopic (exact) mass is 376 g/mol. The van der Waals surface area contributed by atoms with Gasteiger partial charge in [0.15, 0.2) is 0 Å². The van der Waals surface area contributed by atoms with Crippen LogP contribution < -0.4 is 0 Å². The number of oxime groups is 1. The molecule has 0 radical (unpaired) electrons. The summed E-state index contributed by atoms with van der Waals surface area (Å²) in [5.74, 6) is -3.41. The van der Waals surface area contributed by atoms with Crippen molar-refractivity contribution in [1.29, 1.82) is 0 Å². The number of benzene rings is 1. The second-order valence-corrected chi connectivity index (χ2v) is 5.58. The van der Waals surface area contributed by atoms with E-state index < -0.39 is 30.1 Å². The molecule has 0 amide bonds. The lowest BCUT2D eigenvalue weighted by Gasteiger charge is -2.22. The maximum atomic E-state index is 13.0. The maximum Gasteiger partial charge on any atom is 0.458 e. The summed E-state index contributed by atoms with van der Waals surface area (Å²) in [7, 11) is 0. The molecule has 3 rings (SSSR count). The molecule has 1 aromatic heterocycles. The fraction of sp³-hybridized carbons (Fsp3) is 0.250. The van der Waals surface area contributed by atoms with Crippen molar-refractivity contribution in [3.63, 3.8) is 0 Å². The van der Waals surface area contributed by atoms with Crippen LogP contribution >= 0.6 is 0 Å². The van der Waals surface area contributed by atoms with Crippen molar-refractivity contribution < 1.29 is 36.3 Å². The lowest BCUT2D eigenvalue weighted by Crippen LogP contribution is -2.45. The number of nitrogens with zero attached hydrogens (tertiary/aromatic N) is 2. The minimum atomic E-state index is -5.03. The minimum absolute atomic E-state index is 0.115. The van der Waals surface area contributed by atoms with Gasteiger partial charge in [0.1, 0.15) is 0 Å². The van der Waals surface area contributed by atoms with Gasteiger partial charge in [0, 0.05) is 12.4 Å². The summed E-state index contributed by atoms with van der Waals surface area (Å²) in [6, 6.07) is 6.43. The Morgan fingerprint density at radius 3 is 2.12 bits per heavy atom. The Morgan fingerprint density at radius 2 is 1.58 bits per heavy atom. The predicted octanol–water partition coefficient (Wildman–Crippen LogP) is 4.14. The van der Waals surface area contributed by atoms with Crippen LogP contribution in [0.3, 0.4) is 0 Å². The van der Waals surface area contributed by atoms with Crippen LogP contribution in [-0.2, 0) is 11.0 Å². The zero-order chi connectivity index (χ0) is 19.2. The molecule has 4 nitrogen and oxygen atoms in total. The molecule has 2 aromatic rings. The van der Waals surface area contributed by atoms with Crippen molar-refractivity contribution in [1.82, 2.24) is 4.98 Å². The first kappa shape index (κ1) is 18.2. The predicted molar refractivity (Wildman–Crippen MR) is 77.9 cm³/mol. The van der Waals surface area contributed by atoms with E-state index in [0.717, 1.165) is 0 Å². The van der Waals surface area contributed by atoms with Gasteiger partial charge in [0.25, 0.3) is 0 Å². The van der Waals surface area contributed by atoms with Crippen molar-refractivity contribution in [2.75, 3.05) is 0 Å². The SMILES string of the molecule is OC1(C(F)(F)F)CC(c2ccc(-c3ccncc3C(F)(F)F)cc2)=NO1. The van der Waals surface area contributed by atoms with Crippen molar-refractivity contribution in [3.05, 3.63) is 53.9 Å². The number of aliphatic hydroxyl groups is 1. The average molecular weight is 376 g/mol. The smallest absolute Gasteiger partial charge is 0.350 e.